The molecule has 0 amide bonds. The number of hydrogen-bond acceptors (Lipinski definition) is 3. The van der Waals surface area contributed by atoms with E-state index >= 15 is 0 Å². The van der Waals surface area contributed by atoms with Crippen molar-refractivity contribution >= 4 is 23.2 Å². The van der Waals surface area contributed by atoms with E-state index < -0.39 is 0 Å². The lowest BCUT2D eigenvalue weighted by atomic mass is 10.1. The molecule has 0 aliphatic carbocycles. The standard InChI is InChI=1S/C15H23Cl2NO2/c1-10(18)7-11-8-12(16)9-13(17)14(11)19-5-6-20-15(2,3)4/h8-10H,5-7,18H2,1-4H3. The lowest BCUT2D eigenvalue weighted by molar-refractivity contribution is -0.0163. The number of benzene rings is 1. The minimum absolute atomic E-state index is 0.0118. The molecule has 20 heavy (non-hydrogen) atoms. The molecule has 0 saturated heterocycles. The van der Waals surface area contributed by atoms with Crippen molar-refractivity contribution in [3.63, 3.8) is 0 Å². The van der Waals surface area contributed by atoms with Gasteiger partial charge in [-0.15, -0.1) is 0 Å². The average molecular weight is 320 g/mol. The van der Waals surface area contributed by atoms with Crippen molar-refractivity contribution in [1.82, 2.24) is 0 Å². The predicted molar refractivity (Wildman–Crippen MR) is 85.0 cm³/mol. The van der Waals surface area contributed by atoms with Crippen LogP contribution in [0.4, 0.5) is 0 Å². The van der Waals surface area contributed by atoms with Gasteiger partial charge in [0, 0.05) is 11.1 Å². The Balaban J connectivity index is 2.72. The van der Waals surface area contributed by atoms with Gasteiger partial charge in [-0.3, -0.25) is 0 Å². The minimum atomic E-state index is -0.179. The van der Waals surface area contributed by atoms with E-state index in [1.54, 1.807) is 6.07 Å². The van der Waals surface area contributed by atoms with E-state index in [2.05, 4.69) is 0 Å². The summed E-state index contributed by atoms with van der Waals surface area (Å²) in [6.45, 7) is 8.88. The van der Waals surface area contributed by atoms with E-state index in [0.717, 1.165) is 5.56 Å². The van der Waals surface area contributed by atoms with Crippen LogP contribution in [0.3, 0.4) is 0 Å². The average Bonchev–Trinajstić information content (AvgIpc) is 2.24. The highest BCUT2D eigenvalue weighted by Crippen LogP contribution is 2.33. The van der Waals surface area contributed by atoms with Crippen molar-refractivity contribution in [2.75, 3.05) is 13.2 Å². The first kappa shape index (κ1) is 17.6. The Morgan fingerprint density at radius 3 is 2.40 bits per heavy atom. The summed E-state index contributed by atoms with van der Waals surface area (Å²) in [4.78, 5) is 0. The summed E-state index contributed by atoms with van der Waals surface area (Å²) in [5, 5.41) is 1.09. The van der Waals surface area contributed by atoms with Gasteiger partial charge >= 0.3 is 0 Å². The second kappa shape index (κ2) is 7.51. The van der Waals surface area contributed by atoms with Crippen LogP contribution in [-0.4, -0.2) is 24.9 Å². The second-order valence-corrected chi connectivity index (χ2v) is 6.71. The van der Waals surface area contributed by atoms with Gasteiger partial charge < -0.3 is 15.2 Å². The number of halogens is 2. The molecule has 1 rings (SSSR count). The van der Waals surface area contributed by atoms with E-state index in [1.165, 1.54) is 0 Å². The topological polar surface area (TPSA) is 44.5 Å². The molecule has 1 atom stereocenters. The van der Waals surface area contributed by atoms with Gasteiger partial charge in [0.1, 0.15) is 12.4 Å². The molecule has 1 aromatic rings. The highest BCUT2D eigenvalue weighted by molar-refractivity contribution is 6.35. The summed E-state index contributed by atoms with van der Waals surface area (Å²) in [6, 6.07) is 3.53. The molecule has 1 aromatic carbocycles. The number of ether oxygens (including phenoxy) is 2. The summed E-state index contributed by atoms with van der Waals surface area (Å²) < 4.78 is 11.4. The molecule has 3 nitrogen and oxygen atoms in total. The Morgan fingerprint density at radius 2 is 1.85 bits per heavy atom. The van der Waals surface area contributed by atoms with E-state index in [4.69, 9.17) is 38.4 Å². The number of rotatable bonds is 6. The highest BCUT2D eigenvalue weighted by atomic mass is 35.5. The molecule has 5 heteroatoms. The molecule has 1 unspecified atom stereocenters. The first-order valence-corrected chi connectivity index (χ1v) is 7.45. The van der Waals surface area contributed by atoms with Crippen molar-refractivity contribution in [3.05, 3.63) is 27.7 Å². The Labute approximate surface area is 131 Å². The Bertz CT molecular complexity index is 442. The molecule has 0 heterocycles. The summed E-state index contributed by atoms with van der Waals surface area (Å²) in [6.07, 6.45) is 0.662. The lowest BCUT2D eigenvalue weighted by Crippen LogP contribution is -2.23. The van der Waals surface area contributed by atoms with Gasteiger partial charge in [0.25, 0.3) is 0 Å². The van der Waals surface area contributed by atoms with E-state index in [-0.39, 0.29) is 11.6 Å². The fourth-order valence-electron chi connectivity index (χ4n) is 1.77. The molecule has 2 N–H and O–H groups in total. The maximum absolute atomic E-state index is 6.20. The number of hydrogen-bond donors (Lipinski definition) is 1. The zero-order valence-corrected chi connectivity index (χ0v) is 14.0. The van der Waals surface area contributed by atoms with Gasteiger partial charge in [0.2, 0.25) is 0 Å². The second-order valence-electron chi connectivity index (χ2n) is 5.87. The predicted octanol–water partition coefficient (Wildman–Crippen LogP) is 4.08. The monoisotopic (exact) mass is 319 g/mol. The minimum Gasteiger partial charge on any atom is -0.489 e. The van der Waals surface area contributed by atoms with Crippen molar-refractivity contribution in [1.29, 1.82) is 0 Å². The molecular formula is C15H23Cl2NO2. The van der Waals surface area contributed by atoms with Crippen LogP contribution in [0.15, 0.2) is 12.1 Å². The SMILES string of the molecule is CC(N)Cc1cc(Cl)cc(Cl)c1OCCOC(C)(C)C. The van der Waals surface area contributed by atoms with Gasteiger partial charge in [0.15, 0.2) is 0 Å². The first-order valence-electron chi connectivity index (χ1n) is 6.69. The van der Waals surface area contributed by atoms with E-state index in [9.17, 15) is 0 Å². The van der Waals surface area contributed by atoms with Crippen molar-refractivity contribution in [2.45, 2.75) is 45.8 Å². The van der Waals surface area contributed by atoms with Crippen LogP contribution in [0.25, 0.3) is 0 Å². The van der Waals surface area contributed by atoms with Gasteiger partial charge in [-0.2, -0.15) is 0 Å². The van der Waals surface area contributed by atoms with Crippen molar-refractivity contribution in [2.24, 2.45) is 5.73 Å². The van der Waals surface area contributed by atoms with Crippen LogP contribution in [0.5, 0.6) is 5.75 Å². The Kier molecular flexibility index (Phi) is 6.59. The van der Waals surface area contributed by atoms with Gasteiger partial charge in [0.05, 0.1) is 17.2 Å². The molecule has 0 saturated carbocycles. The van der Waals surface area contributed by atoms with E-state index in [0.29, 0.717) is 35.4 Å². The zero-order valence-electron chi connectivity index (χ0n) is 12.5. The molecule has 0 aliphatic heterocycles. The van der Waals surface area contributed by atoms with Gasteiger partial charge in [-0.1, -0.05) is 23.2 Å². The van der Waals surface area contributed by atoms with Gasteiger partial charge in [-0.05, 0) is 51.8 Å². The number of nitrogens with two attached hydrogens (primary N) is 1. The fourth-order valence-corrected chi connectivity index (χ4v) is 2.36. The normalized spacial score (nSPS) is 13.3. The molecule has 0 fully saturated rings. The van der Waals surface area contributed by atoms with Gasteiger partial charge in [-0.25, -0.2) is 0 Å². The summed E-state index contributed by atoms with van der Waals surface area (Å²) in [5.41, 5.74) is 6.58. The van der Waals surface area contributed by atoms with E-state index in [1.807, 2.05) is 33.8 Å². The van der Waals surface area contributed by atoms with Crippen LogP contribution in [0.2, 0.25) is 10.0 Å². The molecular weight excluding hydrogens is 297 g/mol. The summed E-state index contributed by atoms with van der Waals surface area (Å²) in [5.74, 6) is 0.644. The van der Waals surface area contributed by atoms with Crippen molar-refractivity contribution < 1.29 is 9.47 Å². The third kappa shape index (κ3) is 6.31. The maximum atomic E-state index is 6.20. The first-order chi connectivity index (χ1) is 9.19. The molecule has 114 valence electrons. The van der Waals surface area contributed by atoms with Crippen LogP contribution in [0.1, 0.15) is 33.3 Å². The quantitative estimate of drug-likeness (QED) is 0.803. The summed E-state index contributed by atoms with van der Waals surface area (Å²) in [7, 11) is 0. The molecule has 0 aliphatic rings. The molecule has 0 bridgehead atoms. The maximum Gasteiger partial charge on any atom is 0.141 e. The molecule has 0 aromatic heterocycles. The molecule has 0 radical (unpaired) electrons. The third-order valence-corrected chi connectivity index (χ3v) is 2.99. The molecule has 0 spiro atoms. The third-order valence-electron chi connectivity index (χ3n) is 2.49. The smallest absolute Gasteiger partial charge is 0.141 e. The van der Waals surface area contributed by atoms with Crippen LogP contribution in [0, 0.1) is 0 Å². The van der Waals surface area contributed by atoms with Crippen LogP contribution >= 0.6 is 23.2 Å². The Morgan fingerprint density at radius 1 is 1.20 bits per heavy atom. The largest absolute Gasteiger partial charge is 0.489 e. The fraction of sp³-hybridized carbons (Fsp3) is 0.600. The Hall–Kier alpha value is -0.480. The van der Waals surface area contributed by atoms with Crippen LogP contribution in [-0.2, 0) is 11.2 Å². The zero-order chi connectivity index (χ0) is 15.3. The summed E-state index contributed by atoms with van der Waals surface area (Å²) >= 11 is 12.2. The van der Waals surface area contributed by atoms with Crippen molar-refractivity contribution in [3.8, 4) is 5.75 Å². The highest BCUT2D eigenvalue weighted by Gasteiger charge is 2.14. The lowest BCUT2D eigenvalue weighted by Gasteiger charge is -2.20. The van der Waals surface area contributed by atoms with Crippen LogP contribution < -0.4 is 10.5 Å².